The summed E-state index contributed by atoms with van der Waals surface area (Å²) >= 11 is 0. The molecule has 0 N–H and O–H groups in total. The van der Waals surface area contributed by atoms with Crippen LogP contribution in [0.2, 0.25) is 18.1 Å². The molecule has 0 aliphatic heterocycles. The Hall–Kier alpha value is -0.943. The quantitative estimate of drug-likeness (QED) is 0.216. The SMILES string of the molecule is C=C1C[C@H]2CCC(CCCO[Si](C)(C)C(C)(C)C)[C@@](C(=O)OC)(C1)C2=O. The van der Waals surface area contributed by atoms with Crippen molar-refractivity contribution in [1.82, 2.24) is 0 Å². The molecule has 0 heterocycles. The Labute approximate surface area is 159 Å². The fourth-order valence-corrected chi connectivity index (χ4v) is 5.46. The van der Waals surface area contributed by atoms with Crippen molar-refractivity contribution >= 4 is 20.1 Å². The molecule has 1 unspecified atom stereocenters. The Bertz CT molecular complexity index is 575. The van der Waals surface area contributed by atoms with Crippen molar-refractivity contribution in [2.24, 2.45) is 17.3 Å². The minimum atomic E-state index is -1.76. The summed E-state index contributed by atoms with van der Waals surface area (Å²) in [5, 5.41) is 0.190. The Morgan fingerprint density at radius 3 is 2.54 bits per heavy atom. The highest BCUT2D eigenvalue weighted by molar-refractivity contribution is 6.74. The molecule has 0 radical (unpaired) electrons. The molecule has 2 saturated carbocycles. The van der Waals surface area contributed by atoms with Crippen LogP contribution >= 0.6 is 0 Å². The van der Waals surface area contributed by atoms with E-state index in [1.165, 1.54) is 7.11 Å². The van der Waals surface area contributed by atoms with E-state index >= 15 is 0 Å². The van der Waals surface area contributed by atoms with Crippen LogP contribution in [0.15, 0.2) is 12.2 Å². The van der Waals surface area contributed by atoms with E-state index in [4.69, 9.17) is 9.16 Å². The van der Waals surface area contributed by atoms with Gasteiger partial charge in [0.15, 0.2) is 14.1 Å². The summed E-state index contributed by atoms with van der Waals surface area (Å²) in [4.78, 5) is 25.7. The van der Waals surface area contributed by atoms with Crippen molar-refractivity contribution in [2.45, 2.75) is 77.4 Å². The lowest BCUT2D eigenvalue weighted by Gasteiger charge is -2.47. The minimum absolute atomic E-state index is 0.0405. The highest BCUT2D eigenvalue weighted by atomic mass is 28.4. The number of allylic oxidation sites excluding steroid dienone is 1. The van der Waals surface area contributed by atoms with Gasteiger partial charge in [0.05, 0.1) is 7.11 Å². The molecule has 0 saturated heterocycles. The summed E-state index contributed by atoms with van der Waals surface area (Å²) in [5.41, 5.74) is 0.0199. The summed E-state index contributed by atoms with van der Waals surface area (Å²) < 4.78 is 11.4. The zero-order chi connectivity index (χ0) is 19.8. The number of Topliss-reactive ketones (excluding diaryl/α,β-unsaturated/α-hetero) is 1. The predicted molar refractivity (Wildman–Crippen MR) is 106 cm³/mol. The molecule has 148 valence electrons. The van der Waals surface area contributed by atoms with E-state index in [1.54, 1.807) is 0 Å². The van der Waals surface area contributed by atoms with Crippen molar-refractivity contribution < 1.29 is 18.8 Å². The van der Waals surface area contributed by atoms with Crippen molar-refractivity contribution in [3.05, 3.63) is 12.2 Å². The van der Waals surface area contributed by atoms with Gasteiger partial charge >= 0.3 is 5.97 Å². The van der Waals surface area contributed by atoms with Crippen LogP contribution in [-0.4, -0.2) is 33.8 Å². The fraction of sp³-hybridized carbons (Fsp3) is 0.810. The smallest absolute Gasteiger partial charge is 0.319 e. The van der Waals surface area contributed by atoms with Gasteiger partial charge in [0.25, 0.3) is 0 Å². The predicted octanol–water partition coefficient (Wildman–Crippen LogP) is 4.89. The highest BCUT2D eigenvalue weighted by Gasteiger charge is 2.59. The largest absolute Gasteiger partial charge is 0.468 e. The van der Waals surface area contributed by atoms with Gasteiger partial charge in [-0.15, -0.1) is 0 Å². The first-order chi connectivity index (χ1) is 12.0. The number of methoxy groups -OCH3 is 1. The Morgan fingerprint density at radius 1 is 1.31 bits per heavy atom. The first-order valence-electron chi connectivity index (χ1n) is 9.89. The second-order valence-corrected chi connectivity index (χ2v) is 14.5. The molecule has 0 aromatic rings. The molecule has 2 aliphatic rings. The van der Waals surface area contributed by atoms with Crippen molar-refractivity contribution in [3.63, 3.8) is 0 Å². The summed E-state index contributed by atoms with van der Waals surface area (Å²) in [6, 6.07) is 0. The molecule has 5 heteroatoms. The maximum Gasteiger partial charge on any atom is 0.319 e. The molecule has 0 aromatic carbocycles. The molecular formula is C21H36O4Si. The van der Waals surface area contributed by atoms with Gasteiger partial charge < -0.3 is 9.16 Å². The number of esters is 1. The second kappa shape index (κ2) is 7.59. The third kappa shape index (κ3) is 3.84. The first-order valence-corrected chi connectivity index (χ1v) is 12.8. The lowest BCUT2D eigenvalue weighted by atomic mass is 9.54. The second-order valence-electron chi connectivity index (χ2n) is 9.68. The molecule has 0 aromatic heterocycles. The van der Waals surface area contributed by atoms with Crippen molar-refractivity contribution in [2.75, 3.05) is 13.7 Å². The van der Waals surface area contributed by atoms with E-state index in [2.05, 4.69) is 40.4 Å². The van der Waals surface area contributed by atoms with Crippen LogP contribution in [0.25, 0.3) is 0 Å². The van der Waals surface area contributed by atoms with Gasteiger partial charge in [-0.2, -0.15) is 0 Å². The minimum Gasteiger partial charge on any atom is -0.468 e. The van der Waals surface area contributed by atoms with E-state index in [0.717, 1.165) is 37.7 Å². The lowest BCUT2D eigenvalue weighted by molar-refractivity contribution is -0.169. The number of ether oxygens (including phenoxy) is 1. The maximum absolute atomic E-state index is 13.0. The molecule has 2 rings (SSSR count). The Balaban J connectivity index is 2.07. The van der Waals surface area contributed by atoms with Crippen LogP contribution in [-0.2, 0) is 18.8 Å². The van der Waals surface area contributed by atoms with Crippen molar-refractivity contribution in [3.8, 4) is 0 Å². The number of hydrogen-bond acceptors (Lipinski definition) is 4. The average Bonchev–Trinajstić information content (AvgIpc) is 2.53. The normalized spacial score (nSPS) is 29.6. The number of rotatable bonds is 6. The molecule has 2 bridgehead atoms. The molecule has 26 heavy (non-hydrogen) atoms. The molecule has 0 amide bonds. The van der Waals surface area contributed by atoms with E-state index in [0.29, 0.717) is 13.0 Å². The highest BCUT2D eigenvalue weighted by Crippen LogP contribution is 2.53. The van der Waals surface area contributed by atoms with E-state index in [1.807, 2.05) is 0 Å². The van der Waals surface area contributed by atoms with Crippen LogP contribution in [0.5, 0.6) is 0 Å². The number of carbonyl (C=O) groups is 2. The maximum atomic E-state index is 13.0. The first kappa shape index (κ1) is 21.4. The third-order valence-electron chi connectivity index (χ3n) is 6.95. The number of ketones is 1. The van der Waals surface area contributed by atoms with Gasteiger partial charge in [0.1, 0.15) is 5.41 Å². The summed E-state index contributed by atoms with van der Waals surface area (Å²) in [6.45, 7) is 16.0. The average molecular weight is 381 g/mol. The topological polar surface area (TPSA) is 52.6 Å². The van der Waals surface area contributed by atoms with Crippen LogP contribution in [0, 0.1) is 17.3 Å². The zero-order valence-corrected chi connectivity index (χ0v) is 18.4. The molecular weight excluding hydrogens is 344 g/mol. The van der Waals surface area contributed by atoms with Gasteiger partial charge in [-0.3, -0.25) is 9.59 Å². The van der Waals surface area contributed by atoms with Crippen LogP contribution < -0.4 is 0 Å². The van der Waals surface area contributed by atoms with Crippen LogP contribution in [0.1, 0.15) is 59.3 Å². The monoisotopic (exact) mass is 380 g/mol. The van der Waals surface area contributed by atoms with Gasteiger partial charge in [-0.05, 0) is 62.6 Å². The van der Waals surface area contributed by atoms with Gasteiger partial charge in [-0.1, -0.05) is 32.9 Å². The standard InChI is InChI=1S/C21H36O4Si/c1-15-13-16-10-11-17(21(14-15,18(16)22)19(23)24-5)9-8-12-25-26(6,7)20(2,3)4/h16-17H,1,8-14H2,2-7H3/t16-,17?,21+/m1/s1. The van der Waals surface area contributed by atoms with Crippen LogP contribution in [0.4, 0.5) is 0 Å². The van der Waals surface area contributed by atoms with Crippen molar-refractivity contribution in [1.29, 1.82) is 0 Å². The molecule has 0 spiro atoms. The van der Waals surface area contributed by atoms with Crippen LogP contribution in [0.3, 0.4) is 0 Å². The van der Waals surface area contributed by atoms with E-state index in [9.17, 15) is 9.59 Å². The molecule has 4 nitrogen and oxygen atoms in total. The Morgan fingerprint density at radius 2 is 1.96 bits per heavy atom. The zero-order valence-electron chi connectivity index (χ0n) is 17.4. The number of fused-ring (bicyclic) bond motifs is 2. The lowest BCUT2D eigenvalue weighted by Crippen LogP contribution is -2.55. The van der Waals surface area contributed by atoms with Gasteiger partial charge in [-0.25, -0.2) is 0 Å². The van der Waals surface area contributed by atoms with E-state index in [-0.39, 0.29) is 28.6 Å². The molecule has 2 fully saturated rings. The summed E-state index contributed by atoms with van der Waals surface area (Å²) in [7, 11) is -0.370. The molecule has 2 aliphatic carbocycles. The van der Waals surface area contributed by atoms with E-state index < -0.39 is 13.7 Å². The molecule has 3 atom stereocenters. The summed E-state index contributed by atoms with van der Waals surface area (Å²) in [5.74, 6) is -0.268. The fourth-order valence-electron chi connectivity index (χ4n) is 4.37. The Kier molecular flexibility index (Phi) is 6.23. The number of hydrogen-bond donors (Lipinski definition) is 0. The number of carbonyl (C=O) groups excluding carboxylic acids is 2. The van der Waals surface area contributed by atoms with Gasteiger partial charge in [0.2, 0.25) is 0 Å². The third-order valence-corrected chi connectivity index (χ3v) is 11.5. The van der Waals surface area contributed by atoms with Gasteiger partial charge in [0, 0.05) is 12.5 Å². The summed E-state index contributed by atoms with van der Waals surface area (Å²) in [6.07, 6.45) is 4.68.